The molecule has 2 aromatic rings. The molecule has 2 saturated carbocycles. The van der Waals surface area contributed by atoms with Crippen molar-refractivity contribution < 1.29 is 26.3 Å². The third kappa shape index (κ3) is 5.66. The van der Waals surface area contributed by atoms with Crippen LogP contribution in [0.15, 0.2) is 48.5 Å². The van der Waals surface area contributed by atoms with Gasteiger partial charge in [-0.25, -0.2) is 0 Å². The summed E-state index contributed by atoms with van der Waals surface area (Å²) in [6.45, 7) is 2.69. The fourth-order valence-electron chi connectivity index (χ4n) is 4.91. The van der Waals surface area contributed by atoms with Crippen LogP contribution in [-0.2, 0) is 23.8 Å². The van der Waals surface area contributed by atoms with Crippen LogP contribution in [0.2, 0.25) is 0 Å². The molecule has 0 bridgehead atoms. The van der Waals surface area contributed by atoms with Crippen LogP contribution in [0.3, 0.4) is 0 Å². The summed E-state index contributed by atoms with van der Waals surface area (Å²) in [6.07, 6.45) is -8.44. The van der Waals surface area contributed by atoms with Crippen molar-refractivity contribution in [2.75, 3.05) is 13.6 Å². The minimum Gasteiger partial charge on any atom is -0.302 e. The quantitative estimate of drug-likeness (QED) is 0.355. The van der Waals surface area contributed by atoms with E-state index in [-0.39, 0.29) is 48.8 Å². The Kier molecular flexibility index (Phi) is 7.90. The highest BCUT2D eigenvalue weighted by Gasteiger charge is 2.67. The molecule has 2 aromatic carbocycles. The molecule has 0 heterocycles. The van der Waals surface area contributed by atoms with Gasteiger partial charge in [-0.1, -0.05) is 48.5 Å². The Balaban J connectivity index is 0.00000108. The first-order valence-electron chi connectivity index (χ1n) is 11.7. The van der Waals surface area contributed by atoms with Gasteiger partial charge in [0.25, 0.3) is 0 Å². The maximum Gasteiger partial charge on any atom is 0.398 e. The van der Waals surface area contributed by atoms with Crippen LogP contribution in [-0.4, -0.2) is 30.8 Å². The van der Waals surface area contributed by atoms with Gasteiger partial charge in [-0.3, -0.25) is 0 Å². The van der Waals surface area contributed by atoms with Gasteiger partial charge in [0.1, 0.15) is 0 Å². The number of alkyl halides is 6. The summed E-state index contributed by atoms with van der Waals surface area (Å²) in [5.41, 5.74) is -2.48. The van der Waals surface area contributed by atoms with Gasteiger partial charge in [0.05, 0.1) is 16.9 Å². The summed E-state index contributed by atoms with van der Waals surface area (Å²) in [5.74, 6) is 0. The number of halogens is 6. The van der Waals surface area contributed by atoms with E-state index in [1.807, 2.05) is 42.3 Å². The molecule has 2 aliphatic rings. The van der Waals surface area contributed by atoms with Crippen LogP contribution < -0.4 is 0 Å². The molecule has 0 unspecified atom stereocenters. The van der Waals surface area contributed by atoms with Crippen LogP contribution in [0.4, 0.5) is 26.3 Å². The average molecular weight is 497 g/mol. The molecule has 35 heavy (non-hydrogen) atoms. The zero-order valence-electron chi connectivity index (χ0n) is 19.9. The second-order valence-corrected chi connectivity index (χ2v) is 9.54. The van der Waals surface area contributed by atoms with Crippen molar-refractivity contribution in [1.82, 2.24) is 4.90 Å². The van der Waals surface area contributed by atoms with Crippen molar-refractivity contribution >= 4 is 0 Å². The molecule has 0 aromatic heterocycles. The third-order valence-corrected chi connectivity index (χ3v) is 7.05. The Morgan fingerprint density at radius 3 is 1.69 bits per heavy atom. The molecule has 2 fully saturated rings. The Hall–Kier alpha value is -2.53. The maximum absolute atomic E-state index is 13.9. The van der Waals surface area contributed by atoms with Crippen molar-refractivity contribution in [2.45, 2.75) is 75.2 Å². The van der Waals surface area contributed by atoms with E-state index < -0.39 is 23.2 Å². The first-order chi connectivity index (χ1) is 16.4. The van der Waals surface area contributed by atoms with Crippen LogP contribution in [0.1, 0.15) is 61.3 Å². The Labute approximate surface area is 202 Å². The molecule has 0 atom stereocenters. The van der Waals surface area contributed by atoms with Crippen LogP contribution in [0, 0.1) is 11.3 Å². The highest BCUT2D eigenvalue weighted by Crippen LogP contribution is 2.63. The summed E-state index contributed by atoms with van der Waals surface area (Å²) in [7, 11) is 1.91. The number of hydrogen-bond donors (Lipinski definition) is 0. The SMILES string of the molecule is CC#N.CN(CCCc1c(C2(C(F)(F)F)CC2)cccc1C1(C(F)(F)F)CC1)Cc1ccccc1. The zero-order chi connectivity index (χ0) is 25.9. The second-order valence-electron chi connectivity index (χ2n) is 9.54. The largest absolute Gasteiger partial charge is 0.398 e. The molecule has 190 valence electrons. The van der Waals surface area contributed by atoms with Gasteiger partial charge < -0.3 is 4.90 Å². The van der Waals surface area contributed by atoms with Gasteiger partial charge >= 0.3 is 12.4 Å². The topological polar surface area (TPSA) is 27.0 Å². The summed E-state index contributed by atoms with van der Waals surface area (Å²) in [4.78, 5) is 2.05. The molecular formula is C27H30F6N2. The van der Waals surface area contributed by atoms with E-state index in [1.165, 1.54) is 25.1 Å². The highest BCUT2D eigenvalue weighted by atomic mass is 19.4. The summed E-state index contributed by atoms with van der Waals surface area (Å²) < 4.78 is 83.4. The first kappa shape index (κ1) is 27.1. The van der Waals surface area contributed by atoms with Crippen molar-refractivity contribution in [2.24, 2.45) is 0 Å². The predicted octanol–water partition coefficient (Wildman–Crippen LogP) is 7.47. The number of nitrogens with zero attached hydrogens (tertiary/aromatic N) is 2. The second kappa shape index (κ2) is 10.2. The molecule has 4 rings (SSSR count). The van der Waals surface area contributed by atoms with Gasteiger partial charge in [0, 0.05) is 13.5 Å². The molecular weight excluding hydrogens is 466 g/mol. The summed E-state index contributed by atoms with van der Waals surface area (Å²) >= 11 is 0. The minimum atomic E-state index is -4.46. The van der Waals surface area contributed by atoms with Crippen LogP contribution in [0.5, 0.6) is 0 Å². The van der Waals surface area contributed by atoms with Crippen LogP contribution >= 0.6 is 0 Å². The molecule has 0 spiro atoms. The van der Waals surface area contributed by atoms with E-state index in [0.29, 0.717) is 19.5 Å². The number of rotatable bonds is 8. The van der Waals surface area contributed by atoms with Crippen molar-refractivity contribution in [1.29, 1.82) is 5.26 Å². The van der Waals surface area contributed by atoms with Gasteiger partial charge in [-0.05, 0) is 74.4 Å². The molecule has 8 heteroatoms. The van der Waals surface area contributed by atoms with E-state index in [9.17, 15) is 26.3 Å². The molecule has 0 amide bonds. The van der Waals surface area contributed by atoms with E-state index in [4.69, 9.17) is 5.26 Å². The molecule has 0 aliphatic heterocycles. The number of hydrogen-bond acceptors (Lipinski definition) is 2. The molecule has 0 N–H and O–H groups in total. The normalized spacial score (nSPS) is 17.8. The lowest BCUT2D eigenvalue weighted by Gasteiger charge is -2.29. The van der Waals surface area contributed by atoms with Crippen molar-refractivity contribution in [3.05, 3.63) is 70.8 Å². The van der Waals surface area contributed by atoms with Crippen molar-refractivity contribution in [3.8, 4) is 6.07 Å². The lowest BCUT2D eigenvalue weighted by Crippen LogP contribution is -2.33. The summed E-state index contributed by atoms with van der Waals surface area (Å²) in [5, 5.41) is 7.32. The molecule has 0 saturated heterocycles. The fourth-order valence-corrected chi connectivity index (χ4v) is 4.91. The minimum absolute atomic E-state index is 0.0557. The van der Waals surface area contributed by atoms with Gasteiger partial charge in [-0.2, -0.15) is 31.6 Å². The van der Waals surface area contributed by atoms with Gasteiger partial charge in [-0.15, -0.1) is 0 Å². The van der Waals surface area contributed by atoms with E-state index >= 15 is 0 Å². The van der Waals surface area contributed by atoms with E-state index in [1.54, 1.807) is 6.07 Å². The lowest BCUT2D eigenvalue weighted by molar-refractivity contribution is -0.161. The lowest BCUT2D eigenvalue weighted by atomic mass is 9.81. The van der Waals surface area contributed by atoms with Gasteiger partial charge in [0.15, 0.2) is 0 Å². The average Bonchev–Trinajstić information content (AvgIpc) is 3.68. The number of benzene rings is 2. The van der Waals surface area contributed by atoms with Crippen LogP contribution in [0.25, 0.3) is 0 Å². The highest BCUT2D eigenvalue weighted by molar-refractivity contribution is 5.50. The maximum atomic E-state index is 13.9. The monoisotopic (exact) mass is 496 g/mol. The molecule has 2 nitrogen and oxygen atoms in total. The predicted molar refractivity (Wildman–Crippen MR) is 123 cm³/mol. The third-order valence-electron chi connectivity index (χ3n) is 7.05. The van der Waals surface area contributed by atoms with Crippen molar-refractivity contribution in [3.63, 3.8) is 0 Å². The van der Waals surface area contributed by atoms with E-state index in [0.717, 1.165) is 5.56 Å². The fraction of sp³-hybridized carbons (Fsp3) is 0.519. The Morgan fingerprint density at radius 2 is 1.29 bits per heavy atom. The zero-order valence-corrected chi connectivity index (χ0v) is 19.9. The van der Waals surface area contributed by atoms with Gasteiger partial charge in [0.2, 0.25) is 0 Å². The Morgan fingerprint density at radius 1 is 0.829 bits per heavy atom. The smallest absolute Gasteiger partial charge is 0.302 e. The number of nitriles is 1. The molecule has 2 aliphatic carbocycles. The molecule has 0 radical (unpaired) electrons. The Bertz CT molecular complexity index is 980. The first-order valence-corrected chi connectivity index (χ1v) is 11.7. The summed E-state index contributed by atoms with van der Waals surface area (Å²) in [6, 6.07) is 15.7. The van der Waals surface area contributed by atoms with E-state index in [2.05, 4.69) is 0 Å². The standard InChI is InChI=1S/C25H27F6N.C2H3N/c1-32(17-18-7-3-2-4-8-18)16-6-9-19-20(22(12-13-22)24(26,27)28)10-5-11-21(19)23(14-15-23)25(29,30)31;1-2-3/h2-5,7-8,10-11H,6,9,12-17H2,1H3;1H3.